The summed E-state index contributed by atoms with van der Waals surface area (Å²) in [4.78, 5) is 0. The van der Waals surface area contributed by atoms with Crippen LogP contribution in [0.25, 0.3) is 0 Å². The fraction of sp³-hybridized carbons (Fsp3) is 0.625. The second-order valence-electron chi connectivity index (χ2n) is 6.04. The van der Waals surface area contributed by atoms with Crippen LogP contribution in [0.2, 0.25) is 0 Å². The average molecular weight is 264 g/mol. The maximum Gasteiger partial charge on any atom is 0.128 e. The number of ether oxygens (including phenoxy) is 1. The highest BCUT2D eigenvalue weighted by Gasteiger charge is 2.42. The molecule has 1 spiro atoms. The van der Waals surface area contributed by atoms with Crippen molar-refractivity contribution >= 4 is 0 Å². The zero-order valence-electron chi connectivity index (χ0n) is 11.4. The number of hydrogen-bond donors (Lipinski definition) is 1. The topological polar surface area (TPSA) is 29.5 Å². The van der Waals surface area contributed by atoms with Gasteiger partial charge in [-0.1, -0.05) is 13.3 Å². The largest absolute Gasteiger partial charge is 0.487 e. The van der Waals surface area contributed by atoms with Gasteiger partial charge in [0.1, 0.15) is 17.2 Å². The van der Waals surface area contributed by atoms with E-state index in [0.717, 1.165) is 37.2 Å². The number of rotatable bonds is 1. The van der Waals surface area contributed by atoms with E-state index < -0.39 is 6.10 Å². The van der Waals surface area contributed by atoms with Crippen molar-refractivity contribution in [2.45, 2.75) is 57.2 Å². The molecule has 1 aromatic carbocycles. The Kier molecular flexibility index (Phi) is 3.25. The van der Waals surface area contributed by atoms with Gasteiger partial charge in [-0.2, -0.15) is 0 Å². The minimum absolute atomic E-state index is 0.272. The molecule has 2 aliphatic rings. The highest BCUT2D eigenvalue weighted by atomic mass is 19.1. The first-order valence-corrected chi connectivity index (χ1v) is 7.28. The third kappa shape index (κ3) is 2.36. The molecule has 0 radical (unpaired) electrons. The van der Waals surface area contributed by atoms with Gasteiger partial charge in [0.2, 0.25) is 0 Å². The molecule has 104 valence electrons. The van der Waals surface area contributed by atoms with Crippen LogP contribution >= 0.6 is 0 Å². The molecule has 2 nitrogen and oxygen atoms in total. The molecule has 1 aliphatic carbocycles. The van der Waals surface area contributed by atoms with Gasteiger partial charge in [-0.15, -0.1) is 0 Å². The quantitative estimate of drug-likeness (QED) is 0.831. The van der Waals surface area contributed by atoms with Crippen LogP contribution in [0, 0.1) is 11.7 Å². The molecule has 1 fully saturated rings. The SMILES string of the molecule is CCC1CCC2(CC1)CC(O)c1ccc(F)cc1O2. The Balaban J connectivity index is 1.84. The lowest BCUT2D eigenvalue weighted by Gasteiger charge is -2.45. The molecule has 1 aromatic rings. The molecule has 0 bridgehead atoms. The lowest BCUT2D eigenvalue weighted by atomic mass is 9.73. The van der Waals surface area contributed by atoms with Crippen LogP contribution in [0.3, 0.4) is 0 Å². The fourth-order valence-electron chi connectivity index (χ4n) is 3.53. The second-order valence-corrected chi connectivity index (χ2v) is 6.04. The van der Waals surface area contributed by atoms with E-state index in [4.69, 9.17) is 4.74 Å². The summed E-state index contributed by atoms with van der Waals surface area (Å²) in [5, 5.41) is 10.3. The normalized spacial score (nSPS) is 33.8. The predicted octanol–water partition coefficient (Wildman–Crippen LogP) is 3.98. The third-order valence-corrected chi connectivity index (χ3v) is 4.82. The number of hydrogen-bond acceptors (Lipinski definition) is 2. The second kappa shape index (κ2) is 4.78. The molecular weight excluding hydrogens is 243 g/mol. The molecule has 0 amide bonds. The van der Waals surface area contributed by atoms with Crippen LogP contribution in [-0.4, -0.2) is 10.7 Å². The number of halogens is 1. The molecule has 3 heteroatoms. The summed E-state index contributed by atoms with van der Waals surface area (Å²) in [6.07, 6.45) is 5.56. The van der Waals surface area contributed by atoms with Crippen molar-refractivity contribution in [2.75, 3.05) is 0 Å². The van der Waals surface area contributed by atoms with E-state index in [1.165, 1.54) is 18.6 Å². The maximum absolute atomic E-state index is 13.3. The highest BCUT2D eigenvalue weighted by Crippen LogP contribution is 2.47. The molecule has 1 N–H and O–H groups in total. The summed E-state index contributed by atoms with van der Waals surface area (Å²) in [6, 6.07) is 4.43. The number of benzene rings is 1. The molecule has 3 rings (SSSR count). The first-order chi connectivity index (χ1) is 9.12. The first-order valence-electron chi connectivity index (χ1n) is 7.28. The summed E-state index contributed by atoms with van der Waals surface area (Å²) in [7, 11) is 0. The van der Waals surface area contributed by atoms with Crippen molar-refractivity contribution < 1.29 is 14.2 Å². The lowest BCUT2D eigenvalue weighted by molar-refractivity contribution is -0.0472. The van der Waals surface area contributed by atoms with Crippen molar-refractivity contribution in [2.24, 2.45) is 5.92 Å². The van der Waals surface area contributed by atoms with Gasteiger partial charge < -0.3 is 9.84 Å². The van der Waals surface area contributed by atoms with Gasteiger partial charge in [0.25, 0.3) is 0 Å². The standard InChI is InChI=1S/C16H21FO2/c1-2-11-5-7-16(8-6-11)10-14(18)13-4-3-12(17)9-15(13)19-16/h3-4,9,11,14,18H,2,5-8,10H2,1H3. The number of fused-ring (bicyclic) bond motifs is 1. The summed E-state index contributed by atoms with van der Waals surface area (Å²) in [5.74, 6) is 1.01. The van der Waals surface area contributed by atoms with E-state index in [0.29, 0.717) is 12.2 Å². The van der Waals surface area contributed by atoms with E-state index in [1.54, 1.807) is 6.07 Å². The Hall–Kier alpha value is -1.09. The minimum Gasteiger partial charge on any atom is -0.487 e. The smallest absolute Gasteiger partial charge is 0.128 e. The summed E-state index contributed by atoms with van der Waals surface area (Å²) >= 11 is 0. The van der Waals surface area contributed by atoms with Crippen molar-refractivity contribution in [1.82, 2.24) is 0 Å². The van der Waals surface area contributed by atoms with E-state index in [-0.39, 0.29) is 11.4 Å². The molecule has 1 heterocycles. The van der Waals surface area contributed by atoms with Crippen LogP contribution in [0.4, 0.5) is 4.39 Å². The van der Waals surface area contributed by atoms with E-state index in [9.17, 15) is 9.50 Å². The van der Waals surface area contributed by atoms with Crippen LogP contribution in [-0.2, 0) is 0 Å². The zero-order chi connectivity index (χ0) is 13.5. The Morgan fingerprint density at radius 2 is 2.11 bits per heavy atom. The van der Waals surface area contributed by atoms with Crippen LogP contribution in [0.15, 0.2) is 18.2 Å². The highest BCUT2D eigenvalue weighted by molar-refractivity contribution is 5.38. The minimum atomic E-state index is -0.525. The van der Waals surface area contributed by atoms with Gasteiger partial charge in [-0.05, 0) is 43.7 Å². The molecule has 1 aliphatic heterocycles. The van der Waals surface area contributed by atoms with Gasteiger partial charge >= 0.3 is 0 Å². The van der Waals surface area contributed by atoms with Gasteiger partial charge in [-0.3, -0.25) is 0 Å². The Bertz CT molecular complexity index is 464. The van der Waals surface area contributed by atoms with Crippen molar-refractivity contribution in [1.29, 1.82) is 0 Å². The maximum atomic E-state index is 13.3. The van der Waals surface area contributed by atoms with Gasteiger partial charge in [0, 0.05) is 18.1 Å². The van der Waals surface area contributed by atoms with Crippen LogP contribution < -0.4 is 4.74 Å². The molecule has 0 aromatic heterocycles. The van der Waals surface area contributed by atoms with E-state index in [2.05, 4.69) is 6.92 Å². The molecule has 19 heavy (non-hydrogen) atoms. The molecule has 0 saturated heterocycles. The number of aliphatic hydroxyl groups is 1. The molecular formula is C16H21FO2. The third-order valence-electron chi connectivity index (χ3n) is 4.82. The molecule has 1 saturated carbocycles. The number of aliphatic hydroxyl groups excluding tert-OH is 1. The Labute approximate surface area is 113 Å². The predicted molar refractivity (Wildman–Crippen MR) is 71.6 cm³/mol. The van der Waals surface area contributed by atoms with Gasteiger partial charge in [0.15, 0.2) is 0 Å². The van der Waals surface area contributed by atoms with E-state index >= 15 is 0 Å². The molecule has 1 unspecified atom stereocenters. The molecule has 1 atom stereocenters. The van der Waals surface area contributed by atoms with Gasteiger partial charge in [-0.25, -0.2) is 4.39 Å². The monoisotopic (exact) mass is 264 g/mol. The van der Waals surface area contributed by atoms with Gasteiger partial charge in [0.05, 0.1) is 6.10 Å². The van der Waals surface area contributed by atoms with Crippen LogP contribution in [0.5, 0.6) is 5.75 Å². The van der Waals surface area contributed by atoms with Crippen molar-refractivity contribution in [3.63, 3.8) is 0 Å². The summed E-state index contributed by atoms with van der Waals surface area (Å²) in [5.41, 5.74) is 0.455. The fourth-order valence-corrected chi connectivity index (χ4v) is 3.53. The van der Waals surface area contributed by atoms with Crippen molar-refractivity contribution in [3.8, 4) is 5.75 Å². The van der Waals surface area contributed by atoms with Crippen LogP contribution in [0.1, 0.15) is 57.1 Å². The zero-order valence-corrected chi connectivity index (χ0v) is 11.4. The average Bonchev–Trinajstić information content (AvgIpc) is 2.39. The van der Waals surface area contributed by atoms with E-state index in [1.807, 2.05) is 0 Å². The summed E-state index contributed by atoms with van der Waals surface area (Å²) in [6.45, 7) is 2.23. The Morgan fingerprint density at radius 1 is 1.37 bits per heavy atom. The Morgan fingerprint density at radius 3 is 2.79 bits per heavy atom. The lowest BCUT2D eigenvalue weighted by Crippen LogP contribution is -2.44. The first kappa shape index (κ1) is 12.9. The van der Waals surface area contributed by atoms with Crippen molar-refractivity contribution in [3.05, 3.63) is 29.6 Å². The summed E-state index contributed by atoms with van der Waals surface area (Å²) < 4.78 is 19.4.